The lowest BCUT2D eigenvalue weighted by Crippen LogP contribution is -2.56. The summed E-state index contributed by atoms with van der Waals surface area (Å²) in [5.74, 6) is 6.01. The molecule has 0 spiro atoms. The van der Waals surface area contributed by atoms with Crippen LogP contribution in [0.4, 0.5) is 11.4 Å². The zero-order valence-electron chi connectivity index (χ0n) is 17.3. The summed E-state index contributed by atoms with van der Waals surface area (Å²) in [5, 5.41) is 8.35. The van der Waals surface area contributed by atoms with E-state index in [0.29, 0.717) is 11.1 Å². The van der Waals surface area contributed by atoms with Crippen molar-refractivity contribution in [2.45, 2.75) is 88.1 Å². The molecule has 8 aliphatic rings. The van der Waals surface area contributed by atoms with Gasteiger partial charge < -0.3 is 10.6 Å². The second kappa shape index (κ2) is 5.70. The van der Waals surface area contributed by atoms with Gasteiger partial charge in [-0.1, -0.05) is 12.1 Å². The van der Waals surface area contributed by atoms with E-state index >= 15 is 0 Å². The first-order valence-electron chi connectivity index (χ1n) is 12.3. The zero-order chi connectivity index (χ0) is 18.3. The van der Waals surface area contributed by atoms with Crippen LogP contribution in [-0.4, -0.2) is 11.1 Å². The first kappa shape index (κ1) is 16.6. The SMILES string of the molecule is c1ccc(NC23CC4CC(CC(C4)C2)C3)c(NC23CC4CC(CC(C4)C2)C3)c1. The van der Waals surface area contributed by atoms with Gasteiger partial charge in [0, 0.05) is 11.1 Å². The molecule has 0 aromatic heterocycles. The first-order chi connectivity index (χ1) is 13.6. The molecule has 0 unspecified atom stereocenters. The molecule has 28 heavy (non-hydrogen) atoms. The molecule has 0 heterocycles. The third kappa shape index (κ3) is 2.58. The lowest BCUT2D eigenvalue weighted by Gasteiger charge is -2.58. The number of benzene rings is 1. The first-order valence-corrected chi connectivity index (χ1v) is 12.3. The highest BCUT2D eigenvalue weighted by molar-refractivity contribution is 5.70. The van der Waals surface area contributed by atoms with E-state index in [0.717, 1.165) is 35.5 Å². The Labute approximate surface area is 170 Å². The van der Waals surface area contributed by atoms with Gasteiger partial charge in [-0.25, -0.2) is 0 Å². The van der Waals surface area contributed by atoms with Crippen molar-refractivity contribution in [2.75, 3.05) is 10.6 Å². The van der Waals surface area contributed by atoms with E-state index in [-0.39, 0.29) is 0 Å². The van der Waals surface area contributed by atoms with Gasteiger partial charge in [-0.15, -0.1) is 0 Å². The Morgan fingerprint density at radius 3 is 1.07 bits per heavy atom. The largest absolute Gasteiger partial charge is 0.378 e. The molecule has 2 N–H and O–H groups in total. The van der Waals surface area contributed by atoms with Crippen LogP contribution >= 0.6 is 0 Å². The molecule has 9 rings (SSSR count). The number of para-hydroxylation sites is 2. The van der Waals surface area contributed by atoms with Gasteiger partial charge >= 0.3 is 0 Å². The minimum absolute atomic E-state index is 0.397. The van der Waals surface area contributed by atoms with Crippen molar-refractivity contribution in [3.63, 3.8) is 0 Å². The average Bonchev–Trinajstić information content (AvgIpc) is 2.60. The minimum atomic E-state index is 0.397. The van der Waals surface area contributed by atoms with Crippen LogP contribution in [-0.2, 0) is 0 Å². The topological polar surface area (TPSA) is 24.1 Å². The molecule has 0 radical (unpaired) electrons. The van der Waals surface area contributed by atoms with Gasteiger partial charge in [-0.2, -0.15) is 0 Å². The quantitative estimate of drug-likeness (QED) is 0.631. The maximum absolute atomic E-state index is 4.18. The Kier molecular flexibility index (Phi) is 3.38. The molecule has 8 fully saturated rings. The third-order valence-corrected chi connectivity index (χ3v) is 9.80. The van der Waals surface area contributed by atoms with Crippen LogP contribution in [0.15, 0.2) is 24.3 Å². The van der Waals surface area contributed by atoms with E-state index in [4.69, 9.17) is 0 Å². The molecule has 8 bridgehead atoms. The third-order valence-electron chi connectivity index (χ3n) is 9.80. The summed E-state index contributed by atoms with van der Waals surface area (Å²) in [6, 6.07) is 9.21. The van der Waals surface area contributed by atoms with Crippen molar-refractivity contribution < 1.29 is 0 Å². The zero-order valence-corrected chi connectivity index (χ0v) is 17.3. The molecule has 2 nitrogen and oxygen atoms in total. The van der Waals surface area contributed by atoms with Crippen LogP contribution < -0.4 is 10.6 Å². The molecule has 0 saturated heterocycles. The predicted molar refractivity (Wildman–Crippen MR) is 115 cm³/mol. The van der Waals surface area contributed by atoms with Gasteiger partial charge in [0.1, 0.15) is 0 Å². The van der Waals surface area contributed by atoms with E-state index in [1.165, 1.54) is 88.4 Å². The molecule has 2 heteroatoms. The summed E-state index contributed by atoms with van der Waals surface area (Å²) in [4.78, 5) is 0. The molecule has 0 aliphatic heterocycles. The minimum Gasteiger partial charge on any atom is -0.378 e. The van der Waals surface area contributed by atoms with E-state index in [1.54, 1.807) is 0 Å². The van der Waals surface area contributed by atoms with Crippen molar-refractivity contribution in [2.24, 2.45) is 35.5 Å². The smallest absolute Gasteiger partial charge is 0.0580 e. The number of hydrogen-bond acceptors (Lipinski definition) is 2. The van der Waals surface area contributed by atoms with E-state index in [1.807, 2.05) is 0 Å². The average molecular weight is 377 g/mol. The fraction of sp³-hybridized carbons (Fsp3) is 0.769. The van der Waals surface area contributed by atoms with E-state index < -0.39 is 0 Å². The summed E-state index contributed by atoms with van der Waals surface area (Å²) >= 11 is 0. The highest BCUT2D eigenvalue weighted by Crippen LogP contribution is 2.58. The van der Waals surface area contributed by atoms with Crippen molar-refractivity contribution >= 4 is 11.4 Å². The lowest BCUT2D eigenvalue weighted by atomic mass is 9.52. The van der Waals surface area contributed by atoms with Crippen molar-refractivity contribution in [1.82, 2.24) is 0 Å². The van der Waals surface area contributed by atoms with Gasteiger partial charge in [0.15, 0.2) is 0 Å². The Morgan fingerprint density at radius 1 is 0.500 bits per heavy atom. The highest BCUT2D eigenvalue weighted by Gasteiger charge is 2.52. The summed E-state index contributed by atoms with van der Waals surface area (Å²) < 4.78 is 0. The maximum Gasteiger partial charge on any atom is 0.0580 e. The molecule has 0 amide bonds. The Bertz CT molecular complexity index is 645. The van der Waals surface area contributed by atoms with Crippen molar-refractivity contribution in [3.05, 3.63) is 24.3 Å². The van der Waals surface area contributed by atoms with Gasteiger partial charge in [-0.05, 0) is 125 Å². The lowest BCUT2D eigenvalue weighted by molar-refractivity contribution is 0.00953. The van der Waals surface area contributed by atoms with Crippen molar-refractivity contribution in [1.29, 1.82) is 0 Å². The summed E-state index contributed by atoms with van der Waals surface area (Å²) in [6.45, 7) is 0. The van der Waals surface area contributed by atoms with Gasteiger partial charge in [0.25, 0.3) is 0 Å². The van der Waals surface area contributed by atoms with Crippen LogP contribution in [0.3, 0.4) is 0 Å². The number of anilines is 2. The fourth-order valence-corrected chi connectivity index (χ4v) is 9.80. The van der Waals surface area contributed by atoms with E-state index in [9.17, 15) is 0 Å². The molecule has 8 saturated carbocycles. The second-order valence-electron chi connectivity index (χ2n) is 12.2. The normalized spacial score (nSPS) is 50.1. The number of nitrogens with one attached hydrogen (secondary N) is 2. The van der Waals surface area contributed by atoms with Gasteiger partial charge in [0.05, 0.1) is 11.4 Å². The number of rotatable bonds is 4. The highest BCUT2D eigenvalue weighted by atomic mass is 15.1. The second-order valence-corrected chi connectivity index (χ2v) is 12.2. The van der Waals surface area contributed by atoms with Crippen LogP contribution in [0.1, 0.15) is 77.0 Å². The van der Waals surface area contributed by atoms with Gasteiger partial charge in [-0.3, -0.25) is 0 Å². The molecule has 150 valence electrons. The van der Waals surface area contributed by atoms with E-state index in [2.05, 4.69) is 34.9 Å². The van der Waals surface area contributed by atoms with Crippen LogP contribution in [0.2, 0.25) is 0 Å². The molecule has 1 aromatic rings. The summed E-state index contributed by atoms with van der Waals surface area (Å²) in [6.07, 6.45) is 17.7. The molecular formula is C26H36N2. The Balaban J connectivity index is 1.17. The molecule has 8 aliphatic carbocycles. The maximum atomic E-state index is 4.18. The standard InChI is InChI=1S/C26H36N2/c1-2-4-24(28-26-14-20-8-21(15-26)10-22(9-20)16-26)23(3-1)27-25-11-17-5-18(12-25)7-19(6-17)13-25/h1-4,17-22,27-28H,5-16H2. The molecular weight excluding hydrogens is 340 g/mol. The number of hydrogen-bond donors (Lipinski definition) is 2. The summed E-state index contributed by atoms with van der Waals surface area (Å²) in [7, 11) is 0. The Hall–Kier alpha value is -1.18. The fourth-order valence-electron chi connectivity index (χ4n) is 9.80. The van der Waals surface area contributed by atoms with Crippen LogP contribution in [0.25, 0.3) is 0 Å². The van der Waals surface area contributed by atoms with Crippen LogP contribution in [0.5, 0.6) is 0 Å². The van der Waals surface area contributed by atoms with Gasteiger partial charge in [0.2, 0.25) is 0 Å². The monoisotopic (exact) mass is 376 g/mol. The Morgan fingerprint density at radius 2 is 0.786 bits per heavy atom. The summed E-state index contributed by atoms with van der Waals surface area (Å²) in [5.41, 5.74) is 3.60. The van der Waals surface area contributed by atoms with Crippen molar-refractivity contribution in [3.8, 4) is 0 Å². The molecule has 0 atom stereocenters. The predicted octanol–water partition coefficient (Wildman–Crippen LogP) is 6.45. The van der Waals surface area contributed by atoms with Crippen LogP contribution in [0, 0.1) is 35.5 Å². The molecule has 1 aromatic carbocycles.